The number of nitriles is 1. The molecule has 1 aromatic rings. The van der Waals surface area contributed by atoms with Crippen molar-refractivity contribution in [1.82, 2.24) is 0 Å². The minimum absolute atomic E-state index is 0.0419. The summed E-state index contributed by atoms with van der Waals surface area (Å²) >= 11 is 3.29. The van der Waals surface area contributed by atoms with E-state index in [4.69, 9.17) is 10.00 Å². The van der Waals surface area contributed by atoms with Crippen molar-refractivity contribution in [2.24, 2.45) is 0 Å². The number of anilines is 1. The molecule has 0 heterocycles. The molecule has 1 rings (SSSR count). The first kappa shape index (κ1) is 13.7. The first-order valence-electron chi connectivity index (χ1n) is 5.24. The topological polar surface area (TPSA) is 62.1 Å². The van der Waals surface area contributed by atoms with Gasteiger partial charge in [-0.3, -0.25) is 4.79 Å². The highest BCUT2D eigenvalue weighted by Crippen LogP contribution is 2.23. The number of ether oxygens (including phenoxy) is 1. The molecular formula is C12H13BrN2O2. The van der Waals surface area contributed by atoms with Crippen LogP contribution in [0.25, 0.3) is 0 Å². The second-order valence-electron chi connectivity index (χ2n) is 3.41. The Bertz CT molecular complexity index is 441. The molecule has 0 saturated heterocycles. The Kier molecular flexibility index (Phi) is 5.67. The zero-order valence-electron chi connectivity index (χ0n) is 9.50. The predicted octanol–water partition coefficient (Wildman–Crippen LogP) is 2.69. The van der Waals surface area contributed by atoms with Crippen molar-refractivity contribution in [3.05, 3.63) is 28.2 Å². The predicted molar refractivity (Wildman–Crippen MR) is 68.6 cm³/mol. The quantitative estimate of drug-likeness (QED) is 0.850. The molecular weight excluding hydrogens is 284 g/mol. The van der Waals surface area contributed by atoms with E-state index in [2.05, 4.69) is 21.2 Å². The van der Waals surface area contributed by atoms with Crippen LogP contribution in [0, 0.1) is 11.3 Å². The molecule has 0 radical (unpaired) electrons. The van der Waals surface area contributed by atoms with Crippen LogP contribution in [0.5, 0.6) is 0 Å². The third-order valence-electron chi connectivity index (χ3n) is 1.95. The average Bonchev–Trinajstić information content (AvgIpc) is 2.32. The lowest BCUT2D eigenvalue weighted by molar-refractivity contribution is -0.120. The first-order chi connectivity index (χ1) is 8.17. The second-order valence-corrected chi connectivity index (χ2v) is 4.26. The molecule has 0 aromatic heterocycles. The molecule has 0 fully saturated rings. The van der Waals surface area contributed by atoms with Crippen molar-refractivity contribution in [3.63, 3.8) is 0 Å². The van der Waals surface area contributed by atoms with Gasteiger partial charge in [-0.2, -0.15) is 5.26 Å². The molecule has 0 aliphatic heterocycles. The minimum Gasteiger partial charge on any atom is -0.372 e. The van der Waals surface area contributed by atoms with Crippen molar-refractivity contribution in [2.45, 2.75) is 13.3 Å². The molecule has 4 nitrogen and oxygen atoms in total. The second kappa shape index (κ2) is 7.05. The highest BCUT2D eigenvalue weighted by Gasteiger charge is 2.06. The van der Waals surface area contributed by atoms with Gasteiger partial charge in [0.05, 0.1) is 17.3 Å². The molecule has 1 N–H and O–H groups in total. The smallest absolute Gasteiger partial charge is 0.250 e. The van der Waals surface area contributed by atoms with E-state index in [1.54, 1.807) is 18.2 Å². The van der Waals surface area contributed by atoms with Gasteiger partial charge in [-0.05, 0) is 40.5 Å². The van der Waals surface area contributed by atoms with Gasteiger partial charge in [0.2, 0.25) is 5.91 Å². The van der Waals surface area contributed by atoms with E-state index in [9.17, 15) is 4.79 Å². The molecule has 0 atom stereocenters. The van der Waals surface area contributed by atoms with Gasteiger partial charge in [0.15, 0.2) is 0 Å². The summed E-state index contributed by atoms with van der Waals surface area (Å²) in [5.41, 5.74) is 1.17. The molecule has 0 bridgehead atoms. The normalized spacial score (nSPS) is 9.71. The number of carbonyl (C=O) groups excluding carboxylic acids is 1. The highest BCUT2D eigenvalue weighted by atomic mass is 79.9. The van der Waals surface area contributed by atoms with E-state index >= 15 is 0 Å². The monoisotopic (exact) mass is 296 g/mol. The zero-order chi connectivity index (χ0) is 12.7. The maximum Gasteiger partial charge on any atom is 0.250 e. The van der Waals surface area contributed by atoms with Crippen molar-refractivity contribution >= 4 is 27.5 Å². The van der Waals surface area contributed by atoms with Gasteiger partial charge in [0.25, 0.3) is 0 Å². The third-order valence-corrected chi connectivity index (χ3v) is 2.61. The summed E-state index contributed by atoms with van der Waals surface area (Å²) in [5, 5.41) is 11.4. The van der Waals surface area contributed by atoms with Gasteiger partial charge in [0.1, 0.15) is 6.61 Å². The summed E-state index contributed by atoms with van der Waals surface area (Å²) in [6.07, 6.45) is 0.883. The van der Waals surface area contributed by atoms with Crippen LogP contribution < -0.4 is 5.32 Å². The zero-order valence-corrected chi connectivity index (χ0v) is 11.1. The molecule has 5 heteroatoms. The maximum absolute atomic E-state index is 11.5. The first-order valence-corrected chi connectivity index (χ1v) is 6.04. The summed E-state index contributed by atoms with van der Waals surface area (Å²) in [5.74, 6) is -0.205. The largest absolute Gasteiger partial charge is 0.372 e. The van der Waals surface area contributed by atoms with Crippen molar-refractivity contribution < 1.29 is 9.53 Å². The lowest BCUT2D eigenvalue weighted by Gasteiger charge is -2.07. The number of carbonyl (C=O) groups is 1. The Hall–Kier alpha value is -1.38. The lowest BCUT2D eigenvalue weighted by atomic mass is 10.2. The van der Waals surface area contributed by atoms with E-state index in [1.807, 2.05) is 13.0 Å². The summed E-state index contributed by atoms with van der Waals surface area (Å²) in [4.78, 5) is 11.5. The Morgan fingerprint density at radius 1 is 1.59 bits per heavy atom. The fraction of sp³-hybridized carbons (Fsp3) is 0.333. The molecule has 0 saturated carbocycles. The van der Waals surface area contributed by atoms with Crippen LogP contribution >= 0.6 is 15.9 Å². The Morgan fingerprint density at radius 2 is 2.35 bits per heavy atom. The lowest BCUT2D eigenvalue weighted by Crippen LogP contribution is -2.18. The standard InChI is InChI=1S/C12H13BrN2O2/c1-2-5-17-8-12(16)15-11-4-3-9(7-14)6-10(11)13/h3-4,6H,2,5,8H2,1H3,(H,15,16). The minimum atomic E-state index is -0.205. The molecule has 0 spiro atoms. The highest BCUT2D eigenvalue weighted by molar-refractivity contribution is 9.10. The molecule has 17 heavy (non-hydrogen) atoms. The van der Waals surface area contributed by atoms with E-state index in [1.165, 1.54) is 0 Å². The van der Waals surface area contributed by atoms with Crippen LogP contribution in [0.3, 0.4) is 0 Å². The number of hydrogen-bond acceptors (Lipinski definition) is 3. The molecule has 0 unspecified atom stereocenters. The van der Waals surface area contributed by atoms with Crippen LogP contribution in [0.2, 0.25) is 0 Å². The van der Waals surface area contributed by atoms with Gasteiger partial charge in [-0.25, -0.2) is 0 Å². The summed E-state index contributed by atoms with van der Waals surface area (Å²) in [6, 6.07) is 7.01. The summed E-state index contributed by atoms with van der Waals surface area (Å²) in [6.45, 7) is 2.59. The molecule has 90 valence electrons. The van der Waals surface area contributed by atoms with E-state index < -0.39 is 0 Å². The van der Waals surface area contributed by atoms with E-state index in [-0.39, 0.29) is 12.5 Å². The van der Waals surface area contributed by atoms with E-state index in [0.29, 0.717) is 22.3 Å². The van der Waals surface area contributed by atoms with E-state index in [0.717, 1.165) is 6.42 Å². The van der Waals surface area contributed by atoms with Gasteiger partial charge >= 0.3 is 0 Å². The van der Waals surface area contributed by atoms with Crippen LogP contribution in [0.1, 0.15) is 18.9 Å². The molecule has 1 aromatic carbocycles. The Morgan fingerprint density at radius 3 is 2.94 bits per heavy atom. The maximum atomic E-state index is 11.5. The van der Waals surface area contributed by atoms with Gasteiger partial charge in [0, 0.05) is 11.1 Å². The summed E-state index contributed by atoms with van der Waals surface area (Å²) < 4.78 is 5.80. The number of amides is 1. The average molecular weight is 297 g/mol. The third kappa shape index (κ3) is 4.55. The van der Waals surface area contributed by atoms with Crippen LogP contribution in [-0.2, 0) is 9.53 Å². The Balaban J connectivity index is 2.57. The van der Waals surface area contributed by atoms with Crippen molar-refractivity contribution in [2.75, 3.05) is 18.5 Å². The van der Waals surface area contributed by atoms with Crippen LogP contribution in [-0.4, -0.2) is 19.1 Å². The summed E-state index contributed by atoms with van der Waals surface area (Å²) in [7, 11) is 0. The molecule has 0 aliphatic rings. The fourth-order valence-corrected chi connectivity index (χ4v) is 1.66. The number of rotatable bonds is 5. The van der Waals surface area contributed by atoms with Crippen LogP contribution in [0.4, 0.5) is 5.69 Å². The molecule has 1 amide bonds. The number of benzene rings is 1. The fourth-order valence-electron chi connectivity index (χ4n) is 1.18. The number of hydrogen-bond donors (Lipinski definition) is 1. The van der Waals surface area contributed by atoms with Crippen molar-refractivity contribution in [1.29, 1.82) is 5.26 Å². The molecule has 0 aliphatic carbocycles. The number of nitrogens with one attached hydrogen (secondary N) is 1. The van der Waals surface area contributed by atoms with Gasteiger partial charge < -0.3 is 10.1 Å². The number of nitrogens with zero attached hydrogens (tertiary/aromatic N) is 1. The van der Waals surface area contributed by atoms with Gasteiger partial charge in [-0.1, -0.05) is 6.92 Å². The van der Waals surface area contributed by atoms with Crippen LogP contribution in [0.15, 0.2) is 22.7 Å². The van der Waals surface area contributed by atoms with Crippen molar-refractivity contribution in [3.8, 4) is 6.07 Å². The Labute approximate surface area is 109 Å². The number of halogens is 1. The SMILES string of the molecule is CCCOCC(=O)Nc1ccc(C#N)cc1Br. The van der Waals surface area contributed by atoms with Gasteiger partial charge in [-0.15, -0.1) is 0 Å².